The second-order valence-electron chi connectivity index (χ2n) is 5.83. The Balaban J connectivity index is 2.09. The van der Waals surface area contributed by atoms with Crippen molar-refractivity contribution in [3.63, 3.8) is 0 Å². The molecule has 1 aliphatic carbocycles. The molecule has 118 valence electrons. The fourth-order valence-corrected chi connectivity index (χ4v) is 2.64. The molecule has 0 spiro atoms. The second kappa shape index (κ2) is 10.2. The van der Waals surface area contributed by atoms with Crippen molar-refractivity contribution in [2.75, 3.05) is 13.2 Å². The molecule has 0 radical (unpaired) electrons. The van der Waals surface area contributed by atoms with Crippen LogP contribution in [0.15, 0.2) is 0 Å². The molecule has 0 aromatic rings. The molecular formula is C16H32N2O2. The molecule has 2 N–H and O–H groups in total. The molecule has 1 aliphatic rings. The highest BCUT2D eigenvalue weighted by Crippen LogP contribution is 2.19. The van der Waals surface area contributed by atoms with Crippen LogP contribution in [0.1, 0.15) is 65.7 Å². The first kappa shape index (κ1) is 17.4. The lowest BCUT2D eigenvalue weighted by molar-refractivity contribution is -0.123. The predicted molar refractivity (Wildman–Crippen MR) is 82.8 cm³/mol. The van der Waals surface area contributed by atoms with Crippen molar-refractivity contribution in [2.45, 2.75) is 83.9 Å². The van der Waals surface area contributed by atoms with Gasteiger partial charge in [0.15, 0.2) is 0 Å². The molecule has 4 nitrogen and oxygen atoms in total. The van der Waals surface area contributed by atoms with Gasteiger partial charge in [0, 0.05) is 12.6 Å². The zero-order valence-corrected chi connectivity index (χ0v) is 13.4. The lowest BCUT2D eigenvalue weighted by Gasteiger charge is -2.23. The van der Waals surface area contributed by atoms with Gasteiger partial charge in [0.25, 0.3) is 0 Å². The number of carbonyl (C=O) groups is 1. The summed E-state index contributed by atoms with van der Waals surface area (Å²) in [5, 5.41) is 6.30. The maximum atomic E-state index is 12.0. The van der Waals surface area contributed by atoms with Crippen molar-refractivity contribution >= 4 is 5.91 Å². The van der Waals surface area contributed by atoms with Crippen molar-refractivity contribution in [1.82, 2.24) is 10.6 Å². The third-order valence-electron chi connectivity index (χ3n) is 4.18. The quantitative estimate of drug-likeness (QED) is 0.640. The normalized spacial score (nSPS) is 18.2. The molecule has 4 heteroatoms. The van der Waals surface area contributed by atoms with Gasteiger partial charge < -0.3 is 15.4 Å². The molecule has 1 atom stereocenters. The van der Waals surface area contributed by atoms with Crippen LogP contribution in [0.2, 0.25) is 0 Å². The van der Waals surface area contributed by atoms with Crippen molar-refractivity contribution in [3.05, 3.63) is 0 Å². The monoisotopic (exact) mass is 284 g/mol. The minimum atomic E-state index is -0.148. The van der Waals surface area contributed by atoms with Gasteiger partial charge in [-0.05, 0) is 32.6 Å². The van der Waals surface area contributed by atoms with E-state index in [0.717, 1.165) is 19.4 Å². The van der Waals surface area contributed by atoms with Crippen LogP contribution in [-0.4, -0.2) is 37.2 Å². The maximum Gasteiger partial charge on any atom is 0.237 e. The van der Waals surface area contributed by atoms with Crippen LogP contribution in [0.4, 0.5) is 0 Å². The molecule has 0 bridgehead atoms. The molecule has 1 fully saturated rings. The summed E-state index contributed by atoms with van der Waals surface area (Å²) in [6.45, 7) is 7.56. The molecule has 0 aromatic heterocycles. The summed E-state index contributed by atoms with van der Waals surface area (Å²) >= 11 is 0. The van der Waals surface area contributed by atoms with Gasteiger partial charge in [0.05, 0.1) is 18.8 Å². The Morgan fingerprint density at radius 1 is 1.20 bits per heavy atom. The highest BCUT2D eigenvalue weighted by molar-refractivity contribution is 5.81. The molecule has 0 heterocycles. The first-order chi connectivity index (χ1) is 9.67. The average Bonchev–Trinajstić information content (AvgIpc) is 2.49. The zero-order chi connectivity index (χ0) is 14.8. The van der Waals surface area contributed by atoms with Gasteiger partial charge in [-0.15, -0.1) is 0 Å². The lowest BCUT2D eigenvalue weighted by Crippen LogP contribution is -2.46. The van der Waals surface area contributed by atoms with Gasteiger partial charge in [-0.2, -0.15) is 0 Å². The van der Waals surface area contributed by atoms with Crippen LogP contribution in [0, 0.1) is 0 Å². The fourth-order valence-electron chi connectivity index (χ4n) is 2.64. The summed E-state index contributed by atoms with van der Waals surface area (Å²) in [7, 11) is 0. The van der Waals surface area contributed by atoms with E-state index in [4.69, 9.17) is 4.74 Å². The van der Waals surface area contributed by atoms with Crippen molar-refractivity contribution < 1.29 is 9.53 Å². The largest absolute Gasteiger partial charge is 0.377 e. The first-order valence-corrected chi connectivity index (χ1v) is 8.32. The standard InChI is InChI=1S/C16H32N2O2/c1-4-14(5-2)18-16(19)13(3)17-11-12-20-15-9-7-6-8-10-15/h13-15,17H,4-12H2,1-3H3,(H,18,19). The van der Waals surface area contributed by atoms with Gasteiger partial charge in [-0.25, -0.2) is 0 Å². The van der Waals surface area contributed by atoms with E-state index in [-0.39, 0.29) is 11.9 Å². The summed E-state index contributed by atoms with van der Waals surface area (Å²) in [6, 6.07) is 0.149. The Morgan fingerprint density at radius 3 is 2.45 bits per heavy atom. The SMILES string of the molecule is CCC(CC)NC(=O)C(C)NCCOC1CCCCC1. The number of amides is 1. The lowest BCUT2D eigenvalue weighted by atomic mass is 9.98. The van der Waals surface area contributed by atoms with E-state index in [0.29, 0.717) is 18.8 Å². The molecule has 1 unspecified atom stereocenters. The molecule has 20 heavy (non-hydrogen) atoms. The topological polar surface area (TPSA) is 50.4 Å². The molecular weight excluding hydrogens is 252 g/mol. The van der Waals surface area contributed by atoms with E-state index >= 15 is 0 Å². The molecule has 0 aliphatic heterocycles. The number of rotatable bonds is 9. The van der Waals surface area contributed by atoms with E-state index in [1.165, 1.54) is 32.1 Å². The van der Waals surface area contributed by atoms with Gasteiger partial charge >= 0.3 is 0 Å². The van der Waals surface area contributed by atoms with Gasteiger partial charge in [0.1, 0.15) is 0 Å². The number of hydrogen-bond acceptors (Lipinski definition) is 3. The van der Waals surface area contributed by atoms with Crippen LogP contribution < -0.4 is 10.6 Å². The highest BCUT2D eigenvalue weighted by atomic mass is 16.5. The molecule has 1 rings (SSSR count). The van der Waals surface area contributed by atoms with Crippen molar-refractivity contribution in [1.29, 1.82) is 0 Å². The second-order valence-corrected chi connectivity index (χ2v) is 5.83. The maximum absolute atomic E-state index is 12.0. The van der Waals surface area contributed by atoms with Gasteiger partial charge in [-0.3, -0.25) is 4.79 Å². The molecule has 1 amide bonds. The third kappa shape index (κ3) is 6.71. The van der Waals surface area contributed by atoms with Crippen molar-refractivity contribution in [2.24, 2.45) is 0 Å². The Labute approximate surface area is 124 Å². The summed E-state index contributed by atoms with van der Waals surface area (Å²) in [6.07, 6.45) is 8.76. The number of hydrogen-bond donors (Lipinski definition) is 2. The van der Waals surface area contributed by atoms with Crippen LogP contribution in [0.3, 0.4) is 0 Å². The molecule has 1 saturated carbocycles. The Hall–Kier alpha value is -0.610. The number of ether oxygens (including phenoxy) is 1. The molecule has 0 saturated heterocycles. The van der Waals surface area contributed by atoms with E-state index < -0.39 is 0 Å². The van der Waals surface area contributed by atoms with E-state index in [1.54, 1.807) is 0 Å². The van der Waals surface area contributed by atoms with E-state index in [9.17, 15) is 4.79 Å². The van der Waals surface area contributed by atoms with E-state index in [2.05, 4.69) is 24.5 Å². The summed E-state index contributed by atoms with van der Waals surface area (Å²) in [4.78, 5) is 12.0. The van der Waals surface area contributed by atoms with Crippen molar-refractivity contribution in [3.8, 4) is 0 Å². The minimum absolute atomic E-state index is 0.0939. The summed E-state index contributed by atoms with van der Waals surface area (Å²) < 4.78 is 5.84. The summed E-state index contributed by atoms with van der Waals surface area (Å²) in [5.74, 6) is 0.0939. The zero-order valence-electron chi connectivity index (χ0n) is 13.4. The number of carbonyl (C=O) groups excluding carboxylic acids is 1. The average molecular weight is 284 g/mol. The predicted octanol–water partition coefficient (Wildman–Crippen LogP) is 2.62. The van der Waals surface area contributed by atoms with E-state index in [1.807, 2.05) is 6.92 Å². The fraction of sp³-hybridized carbons (Fsp3) is 0.938. The first-order valence-electron chi connectivity index (χ1n) is 8.32. The smallest absolute Gasteiger partial charge is 0.237 e. The van der Waals surface area contributed by atoms with Crippen LogP contribution >= 0.6 is 0 Å². The van der Waals surface area contributed by atoms with Crippen LogP contribution in [-0.2, 0) is 9.53 Å². The van der Waals surface area contributed by atoms with Gasteiger partial charge in [0.2, 0.25) is 5.91 Å². The Bertz CT molecular complexity index is 261. The summed E-state index contributed by atoms with van der Waals surface area (Å²) in [5.41, 5.74) is 0. The Kier molecular flexibility index (Phi) is 8.86. The minimum Gasteiger partial charge on any atom is -0.377 e. The molecule has 0 aromatic carbocycles. The van der Waals surface area contributed by atoms with Crippen LogP contribution in [0.5, 0.6) is 0 Å². The van der Waals surface area contributed by atoms with Gasteiger partial charge in [-0.1, -0.05) is 33.1 Å². The Morgan fingerprint density at radius 2 is 1.85 bits per heavy atom. The third-order valence-corrected chi connectivity index (χ3v) is 4.18. The highest BCUT2D eigenvalue weighted by Gasteiger charge is 2.16. The number of nitrogens with one attached hydrogen (secondary N) is 2. The van der Waals surface area contributed by atoms with Crippen LogP contribution in [0.25, 0.3) is 0 Å².